The van der Waals surface area contributed by atoms with Crippen molar-refractivity contribution in [3.05, 3.63) is 95.8 Å². The highest BCUT2D eigenvalue weighted by Gasteiger charge is 2.33. The third-order valence-corrected chi connectivity index (χ3v) is 7.92. The molecule has 0 aromatic heterocycles. The fourth-order valence-corrected chi connectivity index (χ4v) is 5.56. The highest BCUT2D eigenvalue weighted by atomic mass is 32.2. The van der Waals surface area contributed by atoms with E-state index in [1.54, 1.807) is 63.2 Å². The molecule has 0 aliphatic carbocycles. The molecule has 1 atom stereocenters. The maximum Gasteiger partial charge on any atom is 0.264 e. The van der Waals surface area contributed by atoms with Crippen LogP contribution in [0, 0.1) is 5.82 Å². The highest BCUT2D eigenvalue weighted by molar-refractivity contribution is 7.92. The lowest BCUT2D eigenvalue weighted by Crippen LogP contribution is -2.52. The standard InChI is InChI=1S/C29H34FN3O4S/c1-5-23-13-10-12-18-27(23)33(38(36,37)25-15-7-6-8-16-25)20-28(34)32(22(4)29(35)31-21(2)3)19-24-14-9-11-17-26(24)30/h6-18,21-22H,5,19-20H2,1-4H3,(H,31,35)/t22-/m1/s1. The number of amides is 2. The Balaban J connectivity index is 2.07. The summed E-state index contributed by atoms with van der Waals surface area (Å²) in [6.07, 6.45) is 0.539. The molecule has 0 spiro atoms. The van der Waals surface area contributed by atoms with Crippen LogP contribution < -0.4 is 9.62 Å². The monoisotopic (exact) mass is 539 g/mol. The molecule has 0 heterocycles. The largest absolute Gasteiger partial charge is 0.352 e. The second-order valence-corrected chi connectivity index (χ2v) is 11.1. The van der Waals surface area contributed by atoms with Crippen LogP contribution in [0.5, 0.6) is 0 Å². The zero-order valence-corrected chi connectivity index (χ0v) is 22.9. The van der Waals surface area contributed by atoms with Crippen molar-refractivity contribution in [2.24, 2.45) is 0 Å². The quantitative estimate of drug-likeness (QED) is 0.388. The van der Waals surface area contributed by atoms with Crippen LogP contribution in [0.15, 0.2) is 83.8 Å². The Labute approximate surface area is 224 Å². The van der Waals surface area contributed by atoms with Crippen molar-refractivity contribution in [1.29, 1.82) is 0 Å². The van der Waals surface area contributed by atoms with Crippen LogP contribution in [0.25, 0.3) is 0 Å². The molecule has 0 bridgehead atoms. The fourth-order valence-electron chi connectivity index (χ4n) is 4.08. The van der Waals surface area contributed by atoms with E-state index < -0.39 is 40.2 Å². The molecule has 0 fully saturated rings. The van der Waals surface area contributed by atoms with Gasteiger partial charge in [0.05, 0.1) is 10.6 Å². The SMILES string of the molecule is CCc1ccccc1N(CC(=O)N(Cc1ccccc1F)[C@H](C)C(=O)NC(C)C)S(=O)(=O)c1ccccc1. The summed E-state index contributed by atoms with van der Waals surface area (Å²) in [5, 5.41) is 2.78. The number of para-hydroxylation sites is 1. The average molecular weight is 540 g/mol. The summed E-state index contributed by atoms with van der Waals surface area (Å²) in [7, 11) is -4.15. The number of rotatable bonds is 11. The van der Waals surface area contributed by atoms with E-state index in [0.717, 1.165) is 9.87 Å². The summed E-state index contributed by atoms with van der Waals surface area (Å²) in [5.74, 6) is -1.58. The lowest BCUT2D eigenvalue weighted by atomic mass is 10.1. The maximum atomic E-state index is 14.6. The molecule has 2 amide bonds. The number of aryl methyl sites for hydroxylation is 1. The summed E-state index contributed by atoms with van der Waals surface area (Å²) >= 11 is 0. The minimum atomic E-state index is -4.15. The molecule has 0 aliphatic rings. The van der Waals surface area contributed by atoms with Crippen molar-refractivity contribution in [3.8, 4) is 0 Å². The Bertz CT molecular complexity index is 1360. The van der Waals surface area contributed by atoms with E-state index in [2.05, 4.69) is 5.32 Å². The van der Waals surface area contributed by atoms with Gasteiger partial charge in [0.15, 0.2) is 0 Å². The Kier molecular flexibility index (Phi) is 9.63. The van der Waals surface area contributed by atoms with Gasteiger partial charge in [0.1, 0.15) is 18.4 Å². The normalized spacial score (nSPS) is 12.2. The number of nitrogens with zero attached hydrogens (tertiary/aromatic N) is 2. The smallest absolute Gasteiger partial charge is 0.264 e. The van der Waals surface area contributed by atoms with Crippen molar-refractivity contribution in [2.45, 2.75) is 57.6 Å². The number of sulfonamides is 1. The number of benzene rings is 3. The Morgan fingerprint density at radius 2 is 1.45 bits per heavy atom. The van der Waals surface area contributed by atoms with E-state index in [1.807, 2.05) is 13.0 Å². The van der Waals surface area contributed by atoms with E-state index in [-0.39, 0.29) is 23.0 Å². The van der Waals surface area contributed by atoms with Crippen LogP contribution >= 0.6 is 0 Å². The van der Waals surface area contributed by atoms with Gasteiger partial charge in [0, 0.05) is 18.2 Å². The van der Waals surface area contributed by atoms with Gasteiger partial charge < -0.3 is 10.2 Å². The number of hydrogen-bond acceptors (Lipinski definition) is 4. The van der Waals surface area contributed by atoms with Crippen LogP contribution in [-0.2, 0) is 32.6 Å². The van der Waals surface area contributed by atoms with Gasteiger partial charge in [-0.1, -0.05) is 61.5 Å². The van der Waals surface area contributed by atoms with Gasteiger partial charge in [-0.3, -0.25) is 13.9 Å². The molecule has 1 N–H and O–H groups in total. The number of hydrogen-bond donors (Lipinski definition) is 1. The van der Waals surface area contributed by atoms with Crippen molar-refractivity contribution in [2.75, 3.05) is 10.8 Å². The lowest BCUT2D eigenvalue weighted by molar-refractivity contribution is -0.139. The fraction of sp³-hybridized carbons (Fsp3) is 0.310. The molecule has 3 rings (SSSR count). The van der Waals surface area contributed by atoms with Crippen molar-refractivity contribution < 1.29 is 22.4 Å². The number of nitrogens with one attached hydrogen (secondary N) is 1. The van der Waals surface area contributed by atoms with Crippen LogP contribution in [0.2, 0.25) is 0 Å². The van der Waals surface area contributed by atoms with E-state index in [0.29, 0.717) is 12.1 Å². The molecule has 3 aromatic rings. The number of anilines is 1. The van der Waals surface area contributed by atoms with E-state index >= 15 is 0 Å². The highest BCUT2D eigenvalue weighted by Crippen LogP contribution is 2.28. The second-order valence-electron chi connectivity index (χ2n) is 9.26. The molecule has 0 saturated heterocycles. The Morgan fingerprint density at radius 1 is 0.868 bits per heavy atom. The summed E-state index contributed by atoms with van der Waals surface area (Å²) in [5.41, 5.74) is 1.33. The number of carbonyl (C=O) groups is 2. The zero-order valence-electron chi connectivity index (χ0n) is 22.1. The van der Waals surface area contributed by atoms with Gasteiger partial charge in [-0.2, -0.15) is 0 Å². The van der Waals surface area contributed by atoms with E-state index in [1.165, 1.54) is 35.2 Å². The van der Waals surface area contributed by atoms with E-state index in [4.69, 9.17) is 0 Å². The summed E-state index contributed by atoms with van der Waals surface area (Å²) in [6.45, 7) is 6.27. The molecule has 9 heteroatoms. The van der Waals surface area contributed by atoms with Crippen LogP contribution in [0.4, 0.5) is 10.1 Å². The predicted molar refractivity (Wildman–Crippen MR) is 146 cm³/mol. The minimum absolute atomic E-state index is 0.0324. The van der Waals surface area contributed by atoms with Crippen LogP contribution in [0.3, 0.4) is 0 Å². The Hall–Kier alpha value is -3.72. The minimum Gasteiger partial charge on any atom is -0.352 e. The predicted octanol–water partition coefficient (Wildman–Crippen LogP) is 4.53. The summed E-state index contributed by atoms with van der Waals surface area (Å²) in [4.78, 5) is 28.0. The molecule has 0 aliphatic heterocycles. The summed E-state index contributed by atoms with van der Waals surface area (Å²) in [6, 6.07) is 19.7. The van der Waals surface area contributed by atoms with Crippen molar-refractivity contribution >= 4 is 27.5 Å². The first-order chi connectivity index (χ1) is 18.1. The molecule has 202 valence electrons. The third-order valence-electron chi connectivity index (χ3n) is 6.15. The topological polar surface area (TPSA) is 86.8 Å². The van der Waals surface area contributed by atoms with Crippen LogP contribution in [0.1, 0.15) is 38.8 Å². The molecular weight excluding hydrogens is 505 g/mol. The van der Waals surface area contributed by atoms with Crippen molar-refractivity contribution in [1.82, 2.24) is 10.2 Å². The molecule has 0 unspecified atom stereocenters. The van der Waals surface area contributed by atoms with Gasteiger partial charge in [0.25, 0.3) is 10.0 Å². The van der Waals surface area contributed by atoms with Gasteiger partial charge in [-0.25, -0.2) is 12.8 Å². The van der Waals surface area contributed by atoms with Crippen LogP contribution in [-0.4, -0.2) is 43.8 Å². The Morgan fingerprint density at radius 3 is 2.05 bits per heavy atom. The number of halogens is 1. The first-order valence-electron chi connectivity index (χ1n) is 12.5. The van der Waals surface area contributed by atoms with Crippen molar-refractivity contribution in [3.63, 3.8) is 0 Å². The zero-order chi connectivity index (χ0) is 27.9. The molecule has 7 nitrogen and oxygen atoms in total. The summed E-state index contributed by atoms with van der Waals surface area (Å²) < 4.78 is 43.3. The molecule has 0 radical (unpaired) electrons. The first-order valence-corrected chi connectivity index (χ1v) is 14.0. The molecule has 38 heavy (non-hydrogen) atoms. The first kappa shape index (κ1) is 28.8. The second kappa shape index (κ2) is 12.7. The lowest BCUT2D eigenvalue weighted by Gasteiger charge is -2.33. The van der Waals surface area contributed by atoms with Gasteiger partial charge in [-0.15, -0.1) is 0 Å². The number of carbonyl (C=O) groups excluding carboxylic acids is 2. The molecular formula is C29H34FN3O4S. The average Bonchev–Trinajstić information content (AvgIpc) is 2.90. The van der Waals surface area contributed by atoms with Gasteiger partial charge in [0.2, 0.25) is 11.8 Å². The van der Waals surface area contributed by atoms with Gasteiger partial charge in [-0.05, 0) is 57.0 Å². The maximum absolute atomic E-state index is 14.6. The molecule has 3 aromatic carbocycles. The third kappa shape index (κ3) is 6.77. The van der Waals surface area contributed by atoms with Gasteiger partial charge >= 0.3 is 0 Å². The van der Waals surface area contributed by atoms with E-state index in [9.17, 15) is 22.4 Å². The molecule has 0 saturated carbocycles.